The van der Waals surface area contributed by atoms with Gasteiger partial charge in [-0.1, -0.05) is 18.2 Å². The maximum Gasteiger partial charge on any atom is 0.534 e. The molecule has 0 aliphatic heterocycles. The highest BCUT2D eigenvalue weighted by Gasteiger charge is 2.41. The standard InChI is InChI=1S/C11H15F3O3Si/c1-3-16-18(15,17-4-2)10-7-5-6-9(8-10)11(12,13)14/h5-8,15H,3-4H2,1-2H3. The van der Waals surface area contributed by atoms with Crippen LogP contribution in [0.5, 0.6) is 0 Å². The summed E-state index contributed by atoms with van der Waals surface area (Å²) in [5.41, 5.74) is -0.828. The summed E-state index contributed by atoms with van der Waals surface area (Å²) in [7, 11) is -3.74. The van der Waals surface area contributed by atoms with Crippen LogP contribution in [0.1, 0.15) is 19.4 Å². The Morgan fingerprint density at radius 2 is 1.72 bits per heavy atom. The normalized spacial score (nSPS) is 12.8. The third-order valence-corrected chi connectivity index (χ3v) is 4.64. The average Bonchev–Trinajstić information content (AvgIpc) is 2.29. The molecule has 0 fully saturated rings. The van der Waals surface area contributed by atoms with Crippen molar-refractivity contribution in [3.05, 3.63) is 29.8 Å². The smallest absolute Gasteiger partial charge is 0.386 e. The van der Waals surface area contributed by atoms with Gasteiger partial charge in [0.1, 0.15) is 0 Å². The molecule has 0 bridgehead atoms. The molecular weight excluding hydrogens is 265 g/mol. The van der Waals surface area contributed by atoms with Gasteiger partial charge in [0.25, 0.3) is 0 Å². The minimum absolute atomic E-state index is 0.0565. The number of hydrogen-bond acceptors (Lipinski definition) is 3. The first-order chi connectivity index (χ1) is 8.33. The Morgan fingerprint density at radius 1 is 1.17 bits per heavy atom. The first-order valence-electron chi connectivity index (χ1n) is 5.51. The van der Waals surface area contributed by atoms with E-state index in [0.29, 0.717) is 0 Å². The average molecular weight is 280 g/mol. The lowest BCUT2D eigenvalue weighted by Crippen LogP contribution is -2.54. The molecule has 0 spiro atoms. The van der Waals surface area contributed by atoms with E-state index in [4.69, 9.17) is 8.85 Å². The second kappa shape index (κ2) is 5.83. The first-order valence-corrected chi connectivity index (χ1v) is 7.28. The van der Waals surface area contributed by atoms with Gasteiger partial charge in [0.2, 0.25) is 0 Å². The highest BCUT2D eigenvalue weighted by Crippen LogP contribution is 2.28. The summed E-state index contributed by atoms with van der Waals surface area (Å²) in [6.07, 6.45) is -4.45. The predicted octanol–water partition coefficient (Wildman–Crippen LogP) is 1.92. The number of alkyl halides is 3. The highest BCUT2D eigenvalue weighted by atomic mass is 28.4. The van der Waals surface area contributed by atoms with E-state index in [-0.39, 0.29) is 18.4 Å². The van der Waals surface area contributed by atoms with Gasteiger partial charge in [-0.2, -0.15) is 13.2 Å². The van der Waals surface area contributed by atoms with E-state index in [9.17, 15) is 18.0 Å². The Hall–Kier alpha value is -0.893. The fourth-order valence-corrected chi connectivity index (χ4v) is 3.34. The number of benzene rings is 1. The Morgan fingerprint density at radius 3 is 2.17 bits per heavy atom. The van der Waals surface area contributed by atoms with Crippen molar-refractivity contribution in [3.8, 4) is 0 Å². The van der Waals surface area contributed by atoms with Crippen LogP contribution in [0.15, 0.2) is 24.3 Å². The summed E-state index contributed by atoms with van der Waals surface area (Å²) in [6.45, 7) is 3.62. The molecule has 0 unspecified atom stereocenters. The van der Waals surface area contributed by atoms with Gasteiger partial charge in [0.05, 0.1) is 5.56 Å². The number of halogens is 3. The number of rotatable bonds is 5. The second-order valence-corrected chi connectivity index (χ2v) is 5.84. The molecular formula is C11H15F3O3Si. The molecule has 1 aromatic carbocycles. The summed E-state index contributed by atoms with van der Waals surface area (Å²) in [5, 5.41) is 0.0565. The molecule has 3 nitrogen and oxygen atoms in total. The Bertz CT molecular complexity index is 389. The monoisotopic (exact) mass is 280 g/mol. The summed E-state index contributed by atoms with van der Waals surface area (Å²) in [6, 6.07) is 4.43. The molecule has 0 amide bonds. The van der Waals surface area contributed by atoms with Crippen molar-refractivity contribution in [3.63, 3.8) is 0 Å². The molecule has 0 aliphatic rings. The molecule has 0 saturated heterocycles. The fraction of sp³-hybridized carbons (Fsp3) is 0.455. The van der Waals surface area contributed by atoms with E-state index in [1.807, 2.05) is 0 Å². The summed E-state index contributed by atoms with van der Waals surface area (Å²) >= 11 is 0. The van der Waals surface area contributed by atoms with Crippen molar-refractivity contribution < 1.29 is 26.8 Å². The topological polar surface area (TPSA) is 38.7 Å². The lowest BCUT2D eigenvalue weighted by molar-refractivity contribution is -0.137. The minimum Gasteiger partial charge on any atom is -0.386 e. The van der Waals surface area contributed by atoms with E-state index in [1.165, 1.54) is 12.1 Å². The zero-order valence-electron chi connectivity index (χ0n) is 10.1. The molecule has 7 heteroatoms. The maximum absolute atomic E-state index is 12.6. The number of hydrogen-bond donors (Lipinski definition) is 1. The lowest BCUT2D eigenvalue weighted by Gasteiger charge is -2.23. The van der Waals surface area contributed by atoms with E-state index in [0.717, 1.165) is 12.1 Å². The van der Waals surface area contributed by atoms with Crippen LogP contribution in [-0.4, -0.2) is 26.8 Å². The highest BCUT2D eigenvalue weighted by molar-refractivity contribution is 6.74. The van der Waals surface area contributed by atoms with Crippen LogP contribution in [0, 0.1) is 0 Å². The Kier molecular flexibility index (Phi) is 4.91. The molecule has 1 aromatic rings. The molecule has 0 aromatic heterocycles. The molecule has 0 saturated carbocycles. The first kappa shape index (κ1) is 15.2. The van der Waals surface area contributed by atoms with Crippen molar-refractivity contribution >= 4 is 14.0 Å². The Labute approximate surface area is 105 Å². The zero-order chi connectivity index (χ0) is 13.8. The largest absolute Gasteiger partial charge is 0.534 e. The molecule has 0 atom stereocenters. The van der Waals surface area contributed by atoms with Crippen molar-refractivity contribution in [2.45, 2.75) is 20.0 Å². The van der Waals surface area contributed by atoms with Gasteiger partial charge < -0.3 is 13.6 Å². The predicted molar refractivity (Wildman–Crippen MR) is 62.3 cm³/mol. The van der Waals surface area contributed by atoms with E-state index >= 15 is 0 Å². The zero-order valence-corrected chi connectivity index (χ0v) is 11.1. The third-order valence-electron chi connectivity index (χ3n) is 2.23. The molecule has 0 aliphatic carbocycles. The van der Waals surface area contributed by atoms with Gasteiger partial charge in [-0.3, -0.25) is 0 Å². The van der Waals surface area contributed by atoms with Gasteiger partial charge in [0.15, 0.2) is 0 Å². The molecule has 0 heterocycles. The van der Waals surface area contributed by atoms with Gasteiger partial charge in [-0.05, 0) is 19.9 Å². The van der Waals surface area contributed by atoms with Crippen LogP contribution in [0.4, 0.5) is 13.2 Å². The minimum atomic E-state index is -4.45. The summed E-state index contributed by atoms with van der Waals surface area (Å²) < 4.78 is 48.0. The van der Waals surface area contributed by atoms with Crippen molar-refractivity contribution in [2.24, 2.45) is 0 Å². The SMILES string of the molecule is CCO[Si](O)(OCC)c1cccc(C(F)(F)F)c1. The molecule has 1 rings (SSSR count). The lowest BCUT2D eigenvalue weighted by atomic mass is 10.2. The molecule has 18 heavy (non-hydrogen) atoms. The van der Waals surface area contributed by atoms with Gasteiger partial charge in [0, 0.05) is 18.4 Å². The maximum atomic E-state index is 12.6. The van der Waals surface area contributed by atoms with Crippen LogP contribution >= 0.6 is 0 Å². The third kappa shape index (κ3) is 3.55. The van der Waals surface area contributed by atoms with Crippen LogP contribution in [0.25, 0.3) is 0 Å². The van der Waals surface area contributed by atoms with Gasteiger partial charge in [-0.15, -0.1) is 0 Å². The quantitative estimate of drug-likeness (QED) is 0.837. The van der Waals surface area contributed by atoms with Crippen molar-refractivity contribution in [1.82, 2.24) is 0 Å². The van der Waals surface area contributed by atoms with Crippen molar-refractivity contribution in [2.75, 3.05) is 13.2 Å². The van der Waals surface area contributed by atoms with E-state index in [2.05, 4.69) is 0 Å². The fourth-order valence-electron chi connectivity index (χ4n) is 1.49. The van der Waals surface area contributed by atoms with Gasteiger partial charge in [-0.25, -0.2) is 0 Å². The second-order valence-electron chi connectivity index (χ2n) is 3.53. The van der Waals surface area contributed by atoms with Crippen LogP contribution in [0.3, 0.4) is 0 Å². The van der Waals surface area contributed by atoms with Crippen molar-refractivity contribution in [1.29, 1.82) is 0 Å². The van der Waals surface area contributed by atoms with Crippen LogP contribution in [0.2, 0.25) is 0 Å². The van der Waals surface area contributed by atoms with E-state index in [1.54, 1.807) is 13.8 Å². The van der Waals surface area contributed by atoms with E-state index < -0.39 is 20.5 Å². The molecule has 1 N–H and O–H groups in total. The molecule has 0 radical (unpaired) electrons. The van der Waals surface area contributed by atoms with Crippen LogP contribution < -0.4 is 5.19 Å². The van der Waals surface area contributed by atoms with Gasteiger partial charge >= 0.3 is 15.0 Å². The summed E-state index contributed by atoms with van der Waals surface area (Å²) in [4.78, 5) is 10.2. The molecule has 102 valence electrons. The van der Waals surface area contributed by atoms with Crippen LogP contribution in [-0.2, 0) is 15.0 Å². The summed E-state index contributed by atoms with van der Waals surface area (Å²) in [5.74, 6) is 0. The Balaban J connectivity index is 3.13.